The van der Waals surface area contributed by atoms with Crippen LogP contribution in [0, 0.1) is 0 Å². The van der Waals surface area contributed by atoms with E-state index < -0.39 is 16.9 Å². The van der Waals surface area contributed by atoms with Gasteiger partial charge < -0.3 is 5.73 Å². The van der Waals surface area contributed by atoms with Crippen molar-refractivity contribution in [3.8, 4) is 0 Å². The van der Waals surface area contributed by atoms with Gasteiger partial charge in [-0.15, -0.1) is 0 Å². The first kappa shape index (κ1) is 11.3. The number of pyridine rings is 1. The summed E-state index contributed by atoms with van der Waals surface area (Å²) < 4.78 is 36.7. The molecule has 0 radical (unpaired) electrons. The summed E-state index contributed by atoms with van der Waals surface area (Å²) in [4.78, 5) is 3.59. The van der Waals surface area contributed by atoms with Gasteiger partial charge in [0.1, 0.15) is 5.15 Å². The van der Waals surface area contributed by atoms with Gasteiger partial charge in [0, 0.05) is 12.1 Å². The molecule has 0 saturated carbocycles. The van der Waals surface area contributed by atoms with Crippen molar-refractivity contribution in [1.29, 1.82) is 0 Å². The number of halogens is 4. The zero-order valence-corrected chi connectivity index (χ0v) is 7.86. The van der Waals surface area contributed by atoms with Crippen LogP contribution in [0.3, 0.4) is 0 Å². The van der Waals surface area contributed by atoms with Crippen molar-refractivity contribution >= 4 is 11.6 Å². The molecule has 0 fully saturated rings. The fraction of sp³-hybridized carbons (Fsp3) is 0.375. The highest BCUT2D eigenvalue weighted by molar-refractivity contribution is 6.30. The molecule has 2 N–H and O–H groups in total. The summed E-state index contributed by atoms with van der Waals surface area (Å²) in [5.74, 6) is 0. The van der Waals surface area contributed by atoms with Crippen molar-refractivity contribution in [1.82, 2.24) is 4.98 Å². The van der Waals surface area contributed by atoms with E-state index in [1.165, 1.54) is 6.07 Å². The van der Waals surface area contributed by atoms with E-state index in [9.17, 15) is 13.2 Å². The molecule has 0 aromatic carbocycles. The van der Waals surface area contributed by atoms with Crippen LogP contribution in [0.5, 0.6) is 0 Å². The SMILES string of the molecule is NCCc1ccc(C(F)(F)F)c(Cl)n1. The monoisotopic (exact) mass is 224 g/mol. The second kappa shape index (κ2) is 4.14. The number of nitrogens with zero attached hydrogens (tertiary/aromatic N) is 1. The zero-order valence-electron chi connectivity index (χ0n) is 7.11. The van der Waals surface area contributed by atoms with Gasteiger partial charge in [0.15, 0.2) is 0 Å². The maximum Gasteiger partial charge on any atom is 0.419 e. The lowest BCUT2D eigenvalue weighted by molar-refractivity contribution is -0.137. The van der Waals surface area contributed by atoms with E-state index in [0.29, 0.717) is 18.7 Å². The molecular formula is C8H8ClF3N2. The predicted octanol–water partition coefficient (Wildman–Crippen LogP) is 2.25. The Morgan fingerprint density at radius 1 is 1.36 bits per heavy atom. The molecule has 1 aromatic heterocycles. The van der Waals surface area contributed by atoms with Crippen LogP contribution in [-0.2, 0) is 12.6 Å². The summed E-state index contributed by atoms with van der Waals surface area (Å²) in [6, 6.07) is 2.20. The number of nitrogens with two attached hydrogens (primary N) is 1. The van der Waals surface area contributed by atoms with Gasteiger partial charge in [-0.2, -0.15) is 13.2 Å². The molecule has 2 nitrogen and oxygen atoms in total. The number of hydrogen-bond acceptors (Lipinski definition) is 2. The van der Waals surface area contributed by atoms with Gasteiger partial charge >= 0.3 is 6.18 Å². The topological polar surface area (TPSA) is 38.9 Å². The molecule has 0 unspecified atom stereocenters. The van der Waals surface area contributed by atoms with E-state index in [0.717, 1.165) is 6.07 Å². The first-order valence-electron chi connectivity index (χ1n) is 3.88. The van der Waals surface area contributed by atoms with Gasteiger partial charge in [-0.3, -0.25) is 0 Å². The fourth-order valence-corrected chi connectivity index (χ4v) is 1.25. The molecule has 1 rings (SSSR count). The normalized spacial score (nSPS) is 11.8. The third-order valence-corrected chi connectivity index (χ3v) is 1.90. The Hall–Kier alpha value is -0.810. The van der Waals surface area contributed by atoms with E-state index in [-0.39, 0.29) is 0 Å². The molecule has 0 aliphatic carbocycles. The molecular weight excluding hydrogens is 217 g/mol. The van der Waals surface area contributed by atoms with Gasteiger partial charge in [0.25, 0.3) is 0 Å². The van der Waals surface area contributed by atoms with Crippen molar-refractivity contribution in [2.75, 3.05) is 6.54 Å². The first-order valence-corrected chi connectivity index (χ1v) is 4.25. The van der Waals surface area contributed by atoms with E-state index in [2.05, 4.69) is 4.98 Å². The van der Waals surface area contributed by atoms with Crippen LogP contribution < -0.4 is 5.73 Å². The lowest BCUT2D eigenvalue weighted by Crippen LogP contribution is -2.09. The number of hydrogen-bond donors (Lipinski definition) is 1. The van der Waals surface area contributed by atoms with Crippen molar-refractivity contribution in [2.45, 2.75) is 12.6 Å². The van der Waals surface area contributed by atoms with Gasteiger partial charge in [0.2, 0.25) is 0 Å². The lowest BCUT2D eigenvalue weighted by atomic mass is 10.2. The largest absolute Gasteiger partial charge is 0.419 e. The Balaban J connectivity index is 3.02. The molecule has 0 bridgehead atoms. The Morgan fingerprint density at radius 2 is 2.00 bits per heavy atom. The molecule has 14 heavy (non-hydrogen) atoms. The van der Waals surface area contributed by atoms with Gasteiger partial charge in [0.05, 0.1) is 5.56 Å². The smallest absolute Gasteiger partial charge is 0.330 e. The second-order valence-corrected chi connectivity index (χ2v) is 3.04. The highest BCUT2D eigenvalue weighted by Gasteiger charge is 2.33. The summed E-state index contributed by atoms with van der Waals surface area (Å²) in [5.41, 5.74) is 4.78. The van der Waals surface area contributed by atoms with Crippen molar-refractivity contribution in [3.05, 3.63) is 28.5 Å². The number of aromatic nitrogens is 1. The van der Waals surface area contributed by atoms with Gasteiger partial charge in [-0.25, -0.2) is 4.98 Å². The van der Waals surface area contributed by atoms with E-state index in [4.69, 9.17) is 17.3 Å². The Morgan fingerprint density at radius 3 is 2.43 bits per heavy atom. The van der Waals surface area contributed by atoms with Crippen LogP contribution in [0.4, 0.5) is 13.2 Å². The summed E-state index contributed by atoms with van der Waals surface area (Å²) in [6.07, 6.45) is -4.04. The molecule has 0 saturated heterocycles. The maximum atomic E-state index is 12.2. The summed E-state index contributed by atoms with van der Waals surface area (Å²) in [5, 5.41) is -0.525. The van der Waals surface area contributed by atoms with Crippen molar-refractivity contribution in [2.24, 2.45) is 5.73 Å². The van der Waals surface area contributed by atoms with Crippen LogP contribution >= 0.6 is 11.6 Å². The molecule has 0 aliphatic heterocycles. The molecule has 6 heteroatoms. The van der Waals surface area contributed by atoms with Crippen LogP contribution in [0.15, 0.2) is 12.1 Å². The minimum Gasteiger partial charge on any atom is -0.330 e. The van der Waals surface area contributed by atoms with Crippen LogP contribution in [0.2, 0.25) is 5.15 Å². The van der Waals surface area contributed by atoms with Crippen LogP contribution in [0.25, 0.3) is 0 Å². The minimum absolute atomic E-state index is 0.328. The Kier molecular flexibility index (Phi) is 3.34. The quantitative estimate of drug-likeness (QED) is 0.783. The highest BCUT2D eigenvalue weighted by Crippen LogP contribution is 2.33. The molecule has 0 spiro atoms. The highest BCUT2D eigenvalue weighted by atomic mass is 35.5. The zero-order chi connectivity index (χ0) is 10.8. The van der Waals surface area contributed by atoms with Crippen LogP contribution in [0.1, 0.15) is 11.3 Å². The summed E-state index contributed by atoms with van der Waals surface area (Å²) in [6.45, 7) is 0.328. The van der Waals surface area contributed by atoms with Gasteiger partial charge in [-0.1, -0.05) is 11.6 Å². The molecule has 78 valence electrons. The second-order valence-electron chi connectivity index (χ2n) is 2.68. The summed E-state index contributed by atoms with van der Waals surface area (Å²) in [7, 11) is 0. The van der Waals surface area contributed by atoms with Gasteiger partial charge in [-0.05, 0) is 18.7 Å². The average Bonchev–Trinajstić information content (AvgIpc) is 2.02. The average molecular weight is 225 g/mol. The maximum absolute atomic E-state index is 12.2. The number of rotatable bonds is 2. The predicted molar refractivity (Wildman–Crippen MR) is 47.0 cm³/mol. The Labute approximate surface area is 83.9 Å². The van der Waals surface area contributed by atoms with E-state index in [1.54, 1.807) is 0 Å². The lowest BCUT2D eigenvalue weighted by Gasteiger charge is -2.08. The van der Waals surface area contributed by atoms with E-state index in [1.807, 2.05) is 0 Å². The third-order valence-electron chi connectivity index (χ3n) is 1.61. The minimum atomic E-state index is -4.45. The third kappa shape index (κ3) is 2.59. The molecule has 1 aromatic rings. The molecule has 0 amide bonds. The van der Waals surface area contributed by atoms with Crippen molar-refractivity contribution < 1.29 is 13.2 Å². The summed E-state index contributed by atoms with van der Waals surface area (Å²) >= 11 is 5.38. The Bertz CT molecular complexity index is 325. The fourth-order valence-electron chi connectivity index (χ4n) is 0.970. The first-order chi connectivity index (χ1) is 6.45. The van der Waals surface area contributed by atoms with E-state index >= 15 is 0 Å². The van der Waals surface area contributed by atoms with Crippen molar-refractivity contribution in [3.63, 3.8) is 0 Å². The molecule has 0 atom stereocenters. The number of alkyl halides is 3. The standard InChI is InChI=1S/C8H8ClF3N2/c9-7-6(8(10,11)12)2-1-5(14-7)3-4-13/h1-2H,3-4,13H2. The molecule has 0 aliphatic rings. The molecule has 1 heterocycles. The van der Waals surface area contributed by atoms with Crippen LogP contribution in [-0.4, -0.2) is 11.5 Å².